The van der Waals surface area contributed by atoms with Gasteiger partial charge in [0.2, 0.25) is 5.91 Å². The summed E-state index contributed by atoms with van der Waals surface area (Å²) in [6, 6.07) is 12.2. The Balaban J connectivity index is 1.54. The number of carbonyl (C=O) groups excluding carboxylic acids is 1. The smallest absolute Gasteiger partial charge is 0.378 e. The largest absolute Gasteiger partial charge is 0.416 e. The molecule has 0 bridgehead atoms. The van der Waals surface area contributed by atoms with Crippen LogP contribution in [0.1, 0.15) is 18.1 Å². The predicted molar refractivity (Wildman–Crippen MR) is 110 cm³/mol. The molecule has 0 spiro atoms. The van der Waals surface area contributed by atoms with Crippen molar-refractivity contribution in [3.63, 3.8) is 0 Å². The second-order valence-corrected chi connectivity index (χ2v) is 7.42. The molecule has 162 valence electrons. The molecule has 1 aliphatic rings. The Morgan fingerprint density at radius 2 is 1.70 bits per heavy atom. The summed E-state index contributed by atoms with van der Waals surface area (Å²) < 4.78 is 43.4. The van der Waals surface area contributed by atoms with Crippen molar-refractivity contribution in [2.24, 2.45) is 0 Å². The number of amides is 1. The molecule has 1 atom stereocenters. The number of hydrogen-bond acceptors (Lipinski definition) is 4. The normalized spacial score (nSPS) is 15.9. The topological polar surface area (TPSA) is 44.8 Å². The minimum Gasteiger partial charge on any atom is -0.378 e. The number of halogens is 3. The fourth-order valence-electron chi connectivity index (χ4n) is 3.25. The number of anilines is 2. The number of hydrogen-bond donors (Lipinski definition) is 1. The molecule has 1 amide bonds. The first-order chi connectivity index (χ1) is 14.2. The van der Waals surface area contributed by atoms with Crippen LogP contribution in [0.25, 0.3) is 0 Å². The molecule has 0 aliphatic carbocycles. The fourth-order valence-corrected chi connectivity index (χ4v) is 3.25. The van der Waals surface area contributed by atoms with E-state index in [1.54, 1.807) is 18.9 Å². The summed E-state index contributed by atoms with van der Waals surface area (Å²) in [4.78, 5) is 16.6. The Labute approximate surface area is 174 Å². The molecule has 1 fully saturated rings. The highest BCUT2D eigenvalue weighted by atomic mass is 19.4. The second-order valence-electron chi connectivity index (χ2n) is 7.42. The standard InChI is InChI=1S/C22H26F3N3O2/c1-16(27(2)15-17-3-5-18(6-4-17)22(23,24)25)21(29)26-19-7-9-20(10-8-19)28-11-13-30-14-12-28/h3-10,16H,11-15H2,1-2H3,(H,26,29). The fraction of sp³-hybridized carbons (Fsp3) is 0.409. The number of rotatable bonds is 6. The van der Waals surface area contributed by atoms with Gasteiger partial charge in [0.15, 0.2) is 0 Å². The van der Waals surface area contributed by atoms with Crippen molar-refractivity contribution >= 4 is 17.3 Å². The SMILES string of the molecule is CC(C(=O)Nc1ccc(N2CCOCC2)cc1)N(C)Cc1ccc(C(F)(F)F)cc1. The van der Waals surface area contributed by atoms with Crippen LogP contribution in [0.2, 0.25) is 0 Å². The van der Waals surface area contributed by atoms with Crippen molar-refractivity contribution in [2.45, 2.75) is 25.7 Å². The van der Waals surface area contributed by atoms with Crippen molar-refractivity contribution in [1.82, 2.24) is 4.90 Å². The average molecular weight is 421 g/mol. The van der Waals surface area contributed by atoms with Gasteiger partial charge < -0.3 is 15.0 Å². The van der Waals surface area contributed by atoms with Gasteiger partial charge in [0.25, 0.3) is 0 Å². The second kappa shape index (κ2) is 9.49. The van der Waals surface area contributed by atoms with Crippen LogP contribution in [0.4, 0.5) is 24.5 Å². The van der Waals surface area contributed by atoms with Gasteiger partial charge in [0.1, 0.15) is 0 Å². The molecule has 0 saturated carbocycles. The summed E-state index contributed by atoms with van der Waals surface area (Å²) in [6.45, 7) is 5.24. The van der Waals surface area contributed by atoms with Crippen LogP contribution in [-0.4, -0.2) is 50.2 Å². The Morgan fingerprint density at radius 3 is 2.27 bits per heavy atom. The van der Waals surface area contributed by atoms with Gasteiger partial charge >= 0.3 is 6.18 Å². The van der Waals surface area contributed by atoms with E-state index < -0.39 is 17.8 Å². The van der Waals surface area contributed by atoms with Gasteiger partial charge in [-0.3, -0.25) is 9.69 Å². The van der Waals surface area contributed by atoms with Gasteiger partial charge in [-0.25, -0.2) is 0 Å². The van der Waals surface area contributed by atoms with Crippen molar-refractivity contribution < 1.29 is 22.7 Å². The molecule has 0 radical (unpaired) electrons. The van der Waals surface area contributed by atoms with Crippen LogP contribution in [-0.2, 0) is 22.3 Å². The minimum absolute atomic E-state index is 0.177. The van der Waals surface area contributed by atoms with E-state index in [9.17, 15) is 18.0 Å². The number of ether oxygens (including phenoxy) is 1. The number of nitrogens with zero attached hydrogens (tertiary/aromatic N) is 2. The summed E-state index contributed by atoms with van der Waals surface area (Å²) in [7, 11) is 1.77. The van der Waals surface area contributed by atoms with E-state index in [2.05, 4.69) is 10.2 Å². The van der Waals surface area contributed by atoms with Gasteiger partial charge in [0.05, 0.1) is 24.8 Å². The third-order valence-electron chi connectivity index (χ3n) is 5.26. The highest BCUT2D eigenvalue weighted by molar-refractivity contribution is 5.94. The molecule has 1 aliphatic heterocycles. The van der Waals surface area contributed by atoms with Gasteiger partial charge in [-0.05, 0) is 55.9 Å². The predicted octanol–water partition coefficient (Wildman–Crippen LogP) is 4.00. The number of likely N-dealkylation sites (N-methyl/N-ethyl adjacent to an activating group) is 1. The number of benzene rings is 2. The van der Waals surface area contributed by atoms with E-state index in [-0.39, 0.29) is 5.91 Å². The zero-order valence-electron chi connectivity index (χ0n) is 17.1. The van der Waals surface area contributed by atoms with Crippen LogP contribution in [0.15, 0.2) is 48.5 Å². The van der Waals surface area contributed by atoms with Crippen molar-refractivity contribution in [3.05, 3.63) is 59.7 Å². The maximum atomic E-state index is 12.7. The van der Waals surface area contributed by atoms with E-state index in [1.165, 1.54) is 12.1 Å². The van der Waals surface area contributed by atoms with Crippen LogP contribution < -0.4 is 10.2 Å². The first-order valence-corrected chi connectivity index (χ1v) is 9.84. The average Bonchev–Trinajstić information content (AvgIpc) is 2.74. The maximum Gasteiger partial charge on any atom is 0.416 e. The molecule has 1 saturated heterocycles. The molecule has 0 aromatic heterocycles. The number of carbonyl (C=O) groups is 1. The number of nitrogens with one attached hydrogen (secondary N) is 1. The Kier molecular flexibility index (Phi) is 6.99. The zero-order valence-corrected chi connectivity index (χ0v) is 17.1. The number of morpholine rings is 1. The van der Waals surface area contributed by atoms with E-state index in [0.717, 1.165) is 30.9 Å². The Hall–Kier alpha value is -2.58. The monoisotopic (exact) mass is 421 g/mol. The Bertz CT molecular complexity index is 832. The minimum atomic E-state index is -4.35. The molecule has 1 N–H and O–H groups in total. The quantitative estimate of drug-likeness (QED) is 0.766. The molecule has 1 unspecified atom stereocenters. The highest BCUT2D eigenvalue weighted by Crippen LogP contribution is 2.29. The molecule has 5 nitrogen and oxygen atoms in total. The van der Waals surface area contributed by atoms with Gasteiger partial charge in [0, 0.05) is 31.0 Å². The molecule has 8 heteroatoms. The summed E-state index contributed by atoms with van der Waals surface area (Å²) in [6.07, 6.45) is -4.35. The van der Waals surface area contributed by atoms with Gasteiger partial charge in [-0.2, -0.15) is 13.2 Å². The first-order valence-electron chi connectivity index (χ1n) is 9.84. The van der Waals surface area contributed by atoms with Crippen LogP contribution in [0.3, 0.4) is 0 Å². The first kappa shape index (κ1) is 22.1. The molecule has 2 aromatic rings. The maximum absolute atomic E-state index is 12.7. The third kappa shape index (κ3) is 5.73. The van der Waals surface area contributed by atoms with Crippen LogP contribution >= 0.6 is 0 Å². The Morgan fingerprint density at radius 1 is 1.10 bits per heavy atom. The van der Waals surface area contributed by atoms with E-state index >= 15 is 0 Å². The van der Waals surface area contributed by atoms with E-state index in [0.29, 0.717) is 31.0 Å². The van der Waals surface area contributed by atoms with Gasteiger partial charge in [-0.1, -0.05) is 12.1 Å². The summed E-state index contributed by atoms with van der Waals surface area (Å²) in [5, 5.41) is 2.89. The van der Waals surface area contributed by atoms with Crippen molar-refractivity contribution in [1.29, 1.82) is 0 Å². The number of alkyl halides is 3. The van der Waals surface area contributed by atoms with E-state index in [4.69, 9.17) is 4.74 Å². The van der Waals surface area contributed by atoms with Crippen molar-refractivity contribution in [3.8, 4) is 0 Å². The molecule has 3 rings (SSSR count). The van der Waals surface area contributed by atoms with Crippen LogP contribution in [0, 0.1) is 0 Å². The lowest BCUT2D eigenvalue weighted by Gasteiger charge is -2.29. The lowest BCUT2D eigenvalue weighted by atomic mass is 10.1. The lowest BCUT2D eigenvalue weighted by molar-refractivity contribution is -0.137. The molecule has 1 heterocycles. The van der Waals surface area contributed by atoms with Crippen molar-refractivity contribution in [2.75, 3.05) is 43.6 Å². The molecular weight excluding hydrogens is 395 g/mol. The van der Waals surface area contributed by atoms with Gasteiger partial charge in [-0.15, -0.1) is 0 Å². The van der Waals surface area contributed by atoms with E-state index in [1.807, 2.05) is 24.3 Å². The zero-order chi connectivity index (χ0) is 21.7. The molecule has 2 aromatic carbocycles. The summed E-state index contributed by atoms with van der Waals surface area (Å²) in [5.74, 6) is -0.177. The summed E-state index contributed by atoms with van der Waals surface area (Å²) >= 11 is 0. The molecular formula is C22H26F3N3O2. The third-order valence-corrected chi connectivity index (χ3v) is 5.26. The molecule has 30 heavy (non-hydrogen) atoms. The van der Waals surface area contributed by atoms with Crippen LogP contribution in [0.5, 0.6) is 0 Å². The highest BCUT2D eigenvalue weighted by Gasteiger charge is 2.30. The summed E-state index contributed by atoms with van der Waals surface area (Å²) in [5.41, 5.74) is 1.82. The lowest BCUT2D eigenvalue weighted by Crippen LogP contribution is -2.39.